The molecule has 1 N–H and O–H groups in total. The van der Waals surface area contributed by atoms with Crippen molar-refractivity contribution in [1.82, 2.24) is 0 Å². The molecule has 0 bridgehead atoms. The molecule has 0 spiro atoms. The van der Waals surface area contributed by atoms with Crippen LogP contribution in [0.3, 0.4) is 0 Å². The van der Waals surface area contributed by atoms with Crippen molar-refractivity contribution in [2.45, 2.75) is 13.0 Å². The smallest absolute Gasteiger partial charge is 0.274 e. The molecule has 0 aliphatic rings. The Kier molecular flexibility index (Phi) is 4.37. The minimum Gasteiger partial charge on any atom is -0.378 e. The maximum Gasteiger partial charge on any atom is 0.274 e. The molecule has 0 aromatic heterocycles. The van der Waals surface area contributed by atoms with E-state index >= 15 is 0 Å². The maximum atomic E-state index is 13.3. The molecule has 1 unspecified atom stereocenters. The van der Waals surface area contributed by atoms with Gasteiger partial charge in [-0.15, -0.1) is 0 Å². The zero-order valence-electron chi connectivity index (χ0n) is 10.9. The van der Waals surface area contributed by atoms with Crippen LogP contribution in [0.5, 0.6) is 0 Å². The Balaban J connectivity index is 2.24. The molecule has 0 heterocycles. The number of benzene rings is 2. The number of rotatable bonds is 4. The fraction of sp³-hybridized carbons (Fsp3) is 0.143. The number of non-ortho nitro benzene ring substituents is 1. The molecule has 0 aliphatic carbocycles. The number of anilines is 1. The molecule has 1 atom stereocenters. The summed E-state index contributed by atoms with van der Waals surface area (Å²) in [6.07, 6.45) is 0. The minimum absolute atomic E-state index is 0.0219. The second-order valence-electron chi connectivity index (χ2n) is 4.49. The largest absolute Gasteiger partial charge is 0.378 e. The van der Waals surface area contributed by atoms with E-state index in [1.165, 1.54) is 24.3 Å². The second kappa shape index (κ2) is 6.05. The van der Waals surface area contributed by atoms with Crippen LogP contribution in [0.1, 0.15) is 18.5 Å². The van der Waals surface area contributed by atoms with E-state index in [2.05, 4.69) is 5.32 Å². The summed E-state index contributed by atoms with van der Waals surface area (Å²) < 4.78 is 26.4. The van der Waals surface area contributed by atoms with Crippen LogP contribution >= 0.6 is 11.6 Å². The molecule has 2 rings (SSSR count). The lowest BCUT2D eigenvalue weighted by Crippen LogP contribution is -2.07. The van der Waals surface area contributed by atoms with Gasteiger partial charge in [-0.3, -0.25) is 10.1 Å². The number of hydrogen-bond donors (Lipinski definition) is 1. The second-order valence-corrected chi connectivity index (χ2v) is 4.90. The number of nitrogens with zero attached hydrogens (tertiary/aromatic N) is 1. The van der Waals surface area contributed by atoms with Gasteiger partial charge in [0.05, 0.1) is 16.0 Å². The lowest BCUT2D eigenvalue weighted by molar-refractivity contribution is -0.385. The molecule has 21 heavy (non-hydrogen) atoms. The first-order valence-corrected chi connectivity index (χ1v) is 6.41. The number of nitro groups is 1. The van der Waals surface area contributed by atoms with Crippen LogP contribution in [0.2, 0.25) is 5.02 Å². The van der Waals surface area contributed by atoms with Gasteiger partial charge in [0.1, 0.15) is 11.6 Å². The van der Waals surface area contributed by atoms with Gasteiger partial charge in [0.15, 0.2) is 0 Å². The van der Waals surface area contributed by atoms with Crippen LogP contribution in [0.4, 0.5) is 20.2 Å². The summed E-state index contributed by atoms with van der Waals surface area (Å²) >= 11 is 5.70. The van der Waals surface area contributed by atoms with Gasteiger partial charge in [-0.2, -0.15) is 0 Å². The Morgan fingerprint density at radius 3 is 2.57 bits per heavy atom. The summed E-state index contributed by atoms with van der Waals surface area (Å²) in [5.41, 5.74) is 0.588. The molecular weight excluding hydrogens is 302 g/mol. The highest BCUT2D eigenvalue weighted by atomic mass is 35.5. The number of nitro benzene ring substituents is 1. The third-order valence-corrected chi connectivity index (χ3v) is 3.21. The van der Waals surface area contributed by atoms with Crippen LogP contribution in [-0.4, -0.2) is 4.92 Å². The van der Waals surface area contributed by atoms with E-state index in [1.807, 2.05) is 0 Å². The predicted octanol–water partition coefficient (Wildman–Crippen LogP) is 4.70. The Morgan fingerprint density at radius 1 is 1.24 bits per heavy atom. The summed E-state index contributed by atoms with van der Waals surface area (Å²) in [4.78, 5) is 10.0. The molecule has 0 fully saturated rings. The van der Waals surface area contributed by atoms with Gasteiger partial charge in [0.25, 0.3) is 5.69 Å². The number of halogens is 3. The van der Waals surface area contributed by atoms with E-state index in [-0.39, 0.29) is 22.4 Å². The van der Waals surface area contributed by atoms with Crippen molar-refractivity contribution in [2.24, 2.45) is 0 Å². The Morgan fingerprint density at radius 2 is 1.95 bits per heavy atom. The SMILES string of the molecule is CC(Nc1cc(F)cc([N+](=O)[O-])c1)c1ccc(F)c(Cl)c1. The average molecular weight is 313 g/mol. The van der Waals surface area contributed by atoms with Gasteiger partial charge in [-0.05, 0) is 30.7 Å². The highest BCUT2D eigenvalue weighted by molar-refractivity contribution is 6.30. The summed E-state index contributed by atoms with van der Waals surface area (Å²) in [6, 6.07) is 7.09. The fourth-order valence-electron chi connectivity index (χ4n) is 1.88. The summed E-state index contributed by atoms with van der Waals surface area (Å²) in [7, 11) is 0. The van der Waals surface area contributed by atoms with Gasteiger partial charge in [0.2, 0.25) is 0 Å². The first kappa shape index (κ1) is 15.2. The third kappa shape index (κ3) is 3.66. The van der Waals surface area contributed by atoms with E-state index in [1.54, 1.807) is 6.92 Å². The van der Waals surface area contributed by atoms with Crippen molar-refractivity contribution in [1.29, 1.82) is 0 Å². The quantitative estimate of drug-likeness (QED) is 0.657. The maximum absolute atomic E-state index is 13.3. The van der Waals surface area contributed by atoms with Crippen LogP contribution in [0, 0.1) is 21.7 Å². The third-order valence-electron chi connectivity index (χ3n) is 2.92. The topological polar surface area (TPSA) is 55.2 Å². The molecule has 2 aromatic rings. The van der Waals surface area contributed by atoms with Crippen LogP contribution in [-0.2, 0) is 0 Å². The molecule has 7 heteroatoms. The molecule has 4 nitrogen and oxygen atoms in total. The van der Waals surface area contributed by atoms with Crippen molar-refractivity contribution in [2.75, 3.05) is 5.32 Å². The Bertz CT molecular complexity index is 695. The highest BCUT2D eigenvalue weighted by Crippen LogP contribution is 2.26. The van der Waals surface area contributed by atoms with Gasteiger partial charge >= 0.3 is 0 Å². The number of hydrogen-bond acceptors (Lipinski definition) is 3. The van der Waals surface area contributed by atoms with Crippen molar-refractivity contribution < 1.29 is 13.7 Å². The molecule has 0 saturated heterocycles. The zero-order chi connectivity index (χ0) is 15.6. The predicted molar refractivity (Wildman–Crippen MR) is 76.5 cm³/mol. The number of nitrogens with one attached hydrogen (secondary N) is 1. The Labute approximate surface area is 124 Å². The average Bonchev–Trinajstić information content (AvgIpc) is 2.41. The molecule has 2 aromatic carbocycles. The molecule has 110 valence electrons. The summed E-state index contributed by atoms with van der Waals surface area (Å²) in [5.74, 6) is -1.25. The molecule has 0 radical (unpaired) electrons. The van der Waals surface area contributed by atoms with Crippen molar-refractivity contribution in [3.63, 3.8) is 0 Å². The van der Waals surface area contributed by atoms with E-state index in [0.717, 1.165) is 12.1 Å². The molecule has 0 aliphatic heterocycles. The summed E-state index contributed by atoms with van der Waals surface area (Å²) in [5, 5.41) is 13.6. The molecule has 0 saturated carbocycles. The van der Waals surface area contributed by atoms with E-state index < -0.39 is 16.6 Å². The van der Waals surface area contributed by atoms with Crippen LogP contribution in [0.15, 0.2) is 36.4 Å². The summed E-state index contributed by atoms with van der Waals surface area (Å²) in [6.45, 7) is 1.75. The van der Waals surface area contributed by atoms with Gasteiger partial charge in [-0.25, -0.2) is 8.78 Å². The normalized spacial score (nSPS) is 12.0. The molecular formula is C14H11ClF2N2O2. The van der Waals surface area contributed by atoms with E-state index in [0.29, 0.717) is 5.56 Å². The molecule has 0 amide bonds. The minimum atomic E-state index is -0.712. The van der Waals surface area contributed by atoms with Gasteiger partial charge < -0.3 is 5.32 Å². The van der Waals surface area contributed by atoms with Gasteiger partial charge in [0, 0.05) is 17.8 Å². The lowest BCUT2D eigenvalue weighted by Gasteiger charge is -2.16. The fourth-order valence-corrected chi connectivity index (χ4v) is 2.07. The monoisotopic (exact) mass is 312 g/mol. The van der Waals surface area contributed by atoms with Crippen molar-refractivity contribution in [3.8, 4) is 0 Å². The lowest BCUT2D eigenvalue weighted by atomic mass is 10.1. The van der Waals surface area contributed by atoms with E-state index in [9.17, 15) is 18.9 Å². The first-order valence-electron chi connectivity index (χ1n) is 6.03. The van der Waals surface area contributed by atoms with E-state index in [4.69, 9.17) is 11.6 Å². The first-order chi connectivity index (χ1) is 9.86. The van der Waals surface area contributed by atoms with Gasteiger partial charge in [-0.1, -0.05) is 17.7 Å². The van der Waals surface area contributed by atoms with Crippen LogP contribution in [0.25, 0.3) is 0 Å². The highest BCUT2D eigenvalue weighted by Gasteiger charge is 2.13. The standard InChI is InChI=1S/C14H11ClF2N2O2/c1-8(9-2-3-14(17)13(15)4-9)18-11-5-10(16)6-12(7-11)19(20)21/h2-8,18H,1H3. The Hall–Kier alpha value is -2.21. The van der Waals surface area contributed by atoms with Crippen LogP contribution < -0.4 is 5.32 Å². The van der Waals surface area contributed by atoms with Crippen molar-refractivity contribution in [3.05, 3.63) is 68.7 Å². The van der Waals surface area contributed by atoms with Crippen molar-refractivity contribution >= 4 is 23.0 Å². The zero-order valence-corrected chi connectivity index (χ0v) is 11.7.